The zero-order valence-electron chi connectivity index (χ0n) is 11.1. The molecule has 20 heavy (non-hydrogen) atoms. The van der Waals surface area contributed by atoms with E-state index in [4.69, 9.17) is 5.26 Å². The van der Waals surface area contributed by atoms with Gasteiger partial charge in [-0.05, 0) is 43.7 Å². The van der Waals surface area contributed by atoms with Crippen LogP contribution in [-0.2, 0) is 0 Å². The lowest BCUT2D eigenvalue weighted by atomic mass is 10.1. The van der Waals surface area contributed by atoms with Crippen LogP contribution < -0.4 is 0 Å². The zero-order chi connectivity index (χ0) is 14.7. The first kappa shape index (κ1) is 13.7. The van der Waals surface area contributed by atoms with E-state index in [9.17, 15) is 9.18 Å². The van der Waals surface area contributed by atoms with Crippen LogP contribution in [0.5, 0.6) is 0 Å². The molecule has 0 atom stereocenters. The SMILES string of the molecule is Cc1cc(C)n(C(=O)/C(C#N)=C/c2ccc(F)cc2)n1. The molecule has 0 saturated heterocycles. The second-order valence-corrected chi connectivity index (χ2v) is 4.37. The number of carbonyl (C=O) groups is 1. The number of hydrogen-bond acceptors (Lipinski definition) is 3. The summed E-state index contributed by atoms with van der Waals surface area (Å²) >= 11 is 0. The summed E-state index contributed by atoms with van der Waals surface area (Å²) in [7, 11) is 0. The van der Waals surface area contributed by atoms with Gasteiger partial charge in [-0.3, -0.25) is 4.79 Å². The minimum absolute atomic E-state index is 0.0530. The van der Waals surface area contributed by atoms with Crippen molar-refractivity contribution in [2.24, 2.45) is 0 Å². The van der Waals surface area contributed by atoms with Crippen molar-refractivity contribution >= 4 is 12.0 Å². The third-order valence-electron chi connectivity index (χ3n) is 2.73. The van der Waals surface area contributed by atoms with Crippen molar-refractivity contribution in [2.75, 3.05) is 0 Å². The predicted molar refractivity (Wildman–Crippen MR) is 72.3 cm³/mol. The first-order valence-corrected chi connectivity index (χ1v) is 5.96. The molecule has 0 aliphatic rings. The van der Waals surface area contributed by atoms with Crippen molar-refractivity contribution < 1.29 is 9.18 Å². The molecule has 0 saturated carbocycles. The molecule has 2 aromatic rings. The van der Waals surface area contributed by atoms with E-state index in [-0.39, 0.29) is 11.4 Å². The highest BCUT2D eigenvalue weighted by Crippen LogP contribution is 2.11. The maximum absolute atomic E-state index is 12.8. The maximum Gasteiger partial charge on any atom is 0.289 e. The van der Waals surface area contributed by atoms with Gasteiger partial charge in [0.05, 0.1) is 5.69 Å². The van der Waals surface area contributed by atoms with Gasteiger partial charge < -0.3 is 0 Å². The van der Waals surface area contributed by atoms with Crippen LogP contribution in [0, 0.1) is 31.0 Å². The summed E-state index contributed by atoms with van der Waals surface area (Å²) in [6.45, 7) is 3.51. The minimum Gasteiger partial charge on any atom is -0.266 e. The molecule has 0 amide bonds. The fourth-order valence-corrected chi connectivity index (χ4v) is 1.82. The highest BCUT2D eigenvalue weighted by Gasteiger charge is 2.15. The molecule has 5 heteroatoms. The summed E-state index contributed by atoms with van der Waals surface area (Å²) in [4.78, 5) is 12.2. The third kappa shape index (κ3) is 2.81. The first-order chi connectivity index (χ1) is 9.51. The summed E-state index contributed by atoms with van der Waals surface area (Å²) in [5.74, 6) is -0.868. The molecule has 0 fully saturated rings. The van der Waals surface area contributed by atoms with Gasteiger partial charge in [0.1, 0.15) is 17.5 Å². The Kier molecular flexibility index (Phi) is 3.76. The minimum atomic E-state index is -0.498. The number of rotatable bonds is 2. The molecule has 1 aromatic carbocycles. The Labute approximate surface area is 115 Å². The number of aromatic nitrogens is 2. The Balaban J connectivity index is 2.38. The number of aryl methyl sites for hydroxylation is 2. The monoisotopic (exact) mass is 269 g/mol. The summed E-state index contributed by atoms with van der Waals surface area (Å²) in [5, 5.41) is 13.2. The molecule has 0 bridgehead atoms. The maximum atomic E-state index is 12.8. The van der Waals surface area contributed by atoms with Gasteiger partial charge in [0.15, 0.2) is 0 Å². The molecule has 2 rings (SSSR count). The standard InChI is InChI=1S/C15H12FN3O/c1-10-7-11(2)19(18-10)15(20)13(9-17)8-12-3-5-14(16)6-4-12/h3-8H,1-2H3/b13-8+. The average Bonchev–Trinajstić information content (AvgIpc) is 2.76. The number of carbonyl (C=O) groups excluding carboxylic acids is 1. The van der Waals surface area contributed by atoms with Gasteiger partial charge in [-0.15, -0.1) is 0 Å². The van der Waals surface area contributed by atoms with E-state index in [0.29, 0.717) is 17.0 Å². The van der Waals surface area contributed by atoms with E-state index in [1.54, 1.807) is 19.9 Å². The first-order valence-electron chi connectivity index (χ1n) is 5.96. The fourth-order valence-electron chi connectivity index (χ4n) is 1.82. The number of allylic oxidation sites excluding steroid dienone is 1. The molecule has 4 nitrogen and oxygen atoms in total. The number of nitriles is 1. The lowest BCUT2D eigenvalue weighted by Crippen LogP contribution is -2.15. The van der Waals surface area contributed by atoms with Crippen LogP contribution in [0.25, 0.3) is 6.08 Å². The zero-order valence-corrected chi connectivity index (χ0v) is 11.1. The van der Waals surface area contributed by atoms with Crippen molar-refractivity contribution in [1.29, 1.82) is 5.26 Å². The number of nitrogens with zero attached hydrogens (tertiary/aromatic N) is 3. The number of hydrogen-bond donors (Lipinski definition) is 0. The van der Waals surface area contributed by atoms with Gasteiger partial charge in [0.25, 0.3) is 5.91 Å². The Morgan fingerprint density at radius 3 is 2.50 bits per heavy atom. The molecule has 0 aliphatic carbocycles. The lowest BCUT2D eigenvalue weighted by molar-refractivity contribution is 0.0944. The van der Waals surface area contributed by atoms with E-state index >= 15 is 0 Å². The summed E-state index contributed by atoms with van der Waals surface area (Å²) < 4.78 is 14.0. The van der Waals surface area contributed by atoms with Gasteiger partial charge in [-0.2, -0.15) is 10.4 Å². The Morgan fingerprint density at radius 1 is 1.35 bits per heavy atom. The van der Waals surface area contributed by atoms with Crippen LogP contribution in [-0.4, -0.2) is 15.7 Å². The highest BCUT2D eigenvalue weighted by atomic mass is 19.1. The molecule has 100 valence electrons. The molecule has 0 unspecified atom stereocenters. The van der Waals surface area contributed by atoms with Crippen LogP contribution >= 0.6 is 0 Å². The number of benzene rings is 1. The van der Waals surface area contributed by atoms with Crippen molar-refractivity contribution in [1.82, 2.24) is 9.78 Å². The van der Waals surface area contributed by atoms with Crippen LogP contribution in [0.15, 0.2) is 35.9 Å². The van der Waals surface area contributed by atoms with E-state index in [1.165, 1.54) is 35.0 Å². The third-order valence-corrected chi connectivity index (χ3v) is 2.73. The molecule has 1 heterocycles. The van der Waals surface area contributed by atoms with Crippen molar-refractivity contribution in [3.8, 4) is 6.07 Å². The highest BCUT2D eigenvalue weighted by molar-refractivity contribution is 6.03. The van der Waals surface area contributed by atoms with Gasteiger partial charge in [-0.25, -0.2) is 9.07 Å². The van der Waals surface area contributed by atoms with Gasteiger partial charge in [0.2, 0.25) is 0 Å². The fraction of sp³-hybridized carbons (Fsp3) is 0.133. The van der Waals surface area contributed by atoms with E-state index in [2.05, 4.69) is 5.10 Å². The van der Waals surface area contributed by atoms with Crippen molar-refractivity contribution in [3.05, 3.63) is 58.7 Å². The lowest BCUT2D eigenvalue weighted by Gasteiger charge is -2.01. The van der Waals surface area contributed by atoms with Crippen LogP contribution in [0.2, 0.25) is 0 Å². The van der Waals surface area contributed by atoms with Crippen molar-refractivity contribution in [2.45, 2.75) is 13.8 Å². The van der Waals surface area contributed by atoms with Crippen LogP contribution in [0.4, 0.5) is 4.39 Å². The smallest absolute Gasteiger partial charge is 0.266 e. The Bertz CT molecular complexity index is 721. The largest absolute Gasteiger partial charge is 0.289 e. The Hall–Kier alpha value is -2.74. The van der Waals surface area contributed by atoms with Crippen LogP contribution in [0.3, 0.4) is 0 Å². The molecular formula is C15H12FN3O. The quantitative estimate of drug-likeness (QED) is 0.622. The second kappa shape index (κ2) is 5.49. The molecule has 1 aromatic heterocycles. The van der Waals surface area contributed by atoms with Gasteiger partial charge >= 0.3 is 0 Å². The van der Waals surface area contributed by atoms with E-state index < -0.39 is 5.91 Å². The van der Waals surface area contributed by atoms with Gasteiger partial charge in [0, 0.05) is 5.69 Å². The predicted octanol–water partition coefficient (Wildman–Crippen LogP) is 2.89. The normalized spacial score (nSPS) is 11.2. The average molecular weight is 269 g/mol. The van der Waals surface area contributed by atoms with E-state index in [0.717, 1.165) is 0 Å². The Morgan fingerprint density at radius 2 is 2.00 bits per heavy atom. The molecule has 0 spiro atoms. The molecular weight excluding hydrogens is 257 g/mol. The van der Waals surface area contributed by atoms with E-state index in [1.807, 2.05) is 6.07 Å². The summed E-state index contributed by atoms with van der Waals surface area (Å²) in [6, 6.07) is 9.16. The summed E-state index contributed by atoms with van der Waals surface area (Å²) in [5.41, 5.74) is 1.89. The van der Waals surface area contributed by atoms with Gasteiger partial charge in [-0.1, -0.05) is 12.1 Å². The second-order valence-electron chi connectivity index (χ2n) is 4.37. The summed E-state index contributed by atoms with van der Waals surface area (Å²) in [6.07, 6.45) is 1.41. The number of halogens is 1. The van der Waals surface area contributed by atoms with Crippen LogP contribution in [0.1, 0.15) is 21.7 Å². The molecule has 0 radical (unpaired) electrons. The topological polar surface area (TPSA) is 58.7 Å². The molecule has 0 N–H and O–H groups in total. The van der Waals surface area contributed by atoms with Crippen molar-refractivity contribution in [3.63, 3.8) is 0 Å². The molecule has 0 aliphatic heterocycles.